The SMILES string of the molecule is CCCCCCCCCCNC(=O)c1cc(C(=O)c2ccc(OC)c(OC)c2)c(O)cc1OC. The Morgan fingerprint density at radius 1 is 0.765 bits per heavy atom. The first kappa shape index (κ1) is 27.0. The molecule has 0 aromatic heterocycles. The molecule has 34 heavy (non-hydrogen) atoms. The number of phenols is 1. The average Bonchev–Trinajstić information content (AvgIpc) is 2.86. The van der Waals surface area contributed by atoms with Gasteiger partial charge in [-0.3, -0.25) is 9.59 Å². The first-order chi connectivity index (χ1) is 16.5. The van der Waals surface area contributed by atoms with E-state index in [4.69, 9.17) is 14.2 Å². The summed E-state index contributed by atoms with van der Waals surface area (Å²) in [6.07, 6.45) is 9.42. The second-order valence-electron chi connectivity index (χ2n) is 8.20. The molecule has 2 rings (SSSR count). The monoisotopic (exact) mass is 471 g/mol. The van der Waals surface area contributed by atoms with Crippen molar-refractivity contribution in [2.75, 3.05) is 27.9 Å². The zero-order chi connectivity index (χ0) is 24.9. The molecule has 0 bridgehead atoms. The van der Waals surface area contributed by atoms with Crippen LogP contribution in [-0.2, 0) is 0 Å². The fourth-order valence-corrected chi connectivity index (χ4v) is 3.79. The van der Waals surface area contributed by atoms with E-state index in [1.54, 1.807) is 12.1 Å². The highest BCUT2D eigenvalue weighted by Gasteiger charge is 2.22. The quantitative estimate of drug-likeness (QED) is 0.262. The van der Waals surface area contributed by atoms with E-state index < -0.39 is 5.78 Å². The number of carbonyl (C=O) groups is 2. The van der Waals surface area contributed by atoms with Crippen molar-refractivity contribution in [2.24, 2.45) is 0 Å². The standard InChI is InChI=1S/C27H37NO6/c1-5-6-7-8-9-10-11-12-15-28-27(31)21-17-20(22(29)18-24(21)33-3)26(30)19-13-14-23(32-2)25(16-19)34-4/h13-14,16-18,29H,5-12,15H2,1-4H3,(H,28,31). The lowest BCUT2D eigenvalue weighted by molar-refractivity contribution is 0.0950. The second-order valence-corrected chi connectivity index (χ2v) is 8.20. The van der Waals surface area contributed by atoms with Gasteiger partial charge in [0.2, 0.25) is 0 Å². The number of nitrogens with one attached hydrogen (secondary N) is 1. The molecule has 2 N–H and O–H groups in total. The van der Waals surface area contributed by atoms with Crippen LogP contribution in [0.3, 0.4) is 0 Å². The van der Waals surface area contributed by atoms with E-state index in [0.29, 0.717) is 23.6 Å². The molecule has 0 saturated carbocycles. The molecule has 2 aromatic carbocycles. The minimum Gasteiger partial charge on any atom is -0.507 e. The van der Waals surface area contributed by atoms with Crippen LogP contribution in [0.15, 0.2) is 30.3 Å². The van der Waals surface area contributed by atoms with E-state index in [0.717, 1.165) is 19.3 Å². The van der Waals surface area contributed by atoms with Crippen LogP contribution < -0.4 is 19.5 Å². The largest absolute Gasteiger partial charge is 0.507 e. The first-order valence-electron chi connectivity index (χ1n) is 11.9. The molecule has 0 aliphatic heterocycles. The molecule has 7 nitrogen and oxygen atoms in total. The van der Waals surface area contributed by atoms with Gasteiger partial charge in [0.15, 0.2) is 17.3 Å². The lowest BCUT2D eigenvalue weighted by Gasteiger charge is -2.13. The molecule has 0 spiro atoms. The molecule has 1 amide bonds. The number of hydrogen-bond acceptors (Lipinski definition) is 6. The Hall–Kier alpha value is -3.22. The third-order valence-electron chi connectivity index (χ3n) is 5.77. The number of aromatic hydroxyl groups is 1. The number of carbonyl (C=O) groups excluding carboxylic acids is 2. The van der Waals surface area contributed by atoms with Crippen LogP contribution in [0.4, 0.5) is 0 Å². The highest BCUT2D eigenvalue weighted by Crippen LogP contribution is 2.33. The summed E-state index contributed by atoms with van der Waals surface area (Å²) in [5.74, 6) is 0.0224. The Labute approximate surface area is 202 Å². The maximum atomic E-state index is 13.1. The summed E-state index contributed by atoms with van der Waals surface area (Å²) in [5, 5.41) is 13.3. The number of phenolic OH excluding ortho intramolecular Hbond substituents is 1. The van der Waals surface area contributed by atoms with Gasteiger partial charge in [-0.1, -0.05) is 51.9 Å². The lowest BCUT2D eigenvalue weighted by atomic mass is 9.99. The van der Waals surface area contributed by atoms with Crippen molar-refractivity contribution >= 4 is 11.7 Å². The summed E-state index contributed by atoms with van der Waals surface area (Å²) in [6.45, 7) is 2.75. The summed E-state index contributed by atoms with van der Waals surface area (Å²) in [5.41, 5.74) is 0.498. The van der Waals surface area contributed by atoms with Gasteiger partial charge < -0.3 is 24.6 Å². The van der Waals surface area contributed by atoms with Crippen molar-refractivity contribution in [3.05, 3.63) is 47.0 Å². The molecule has 0 saturated heterocycles. The number of amides is 1. The summed E-state index contributed by atoms with van der Waals surface area (Å²) in [4.78, 5) is 25.9. The van der Waals surface area contributed by atoms with Gasteiger partial charge in [0.05, 0.1) is 32.5 Å². The van der Waals surface area contributed by atoms with Crippen molar-refractivity contribution in [1.82, 2.24) is 5.32 Å². The number of ether oxygens (including phenoxy) is 3. The van der Waals surface area contributed by atoms with Crippen molar-refractivity contribution in [3.63, 3.8) is 0 Å². The average molecular weight is 472 g/mol. The third-order valence-corrected chi connectivity index (χ3v) is 5.77. The Balaban J connectivity index is 2.07. The van der Waals surface area contributed by atoms with Gasteiger partial charge >= 0.3 is 0 Å². The molecule has 0 fully saturated rings. The maximum Gasteiger partial charge on any atom is 0.255 e. The predicted molar refractivity (Wildman–Crippen MR) is 133 cm³/mol. The Morgan fingerprint density at radius 3 is 2.00 bits per heavy atom. The fourth-order valence-electron chi connectivity index (χ4n) is 3.79. The van der Waals surface area contributed by atoms with Gasteiger partial charge in [0.25, 0.3) is 5.91 Å². The van der Waals surface area contributed by atoms with Crippen molar-refractivity contribution in [1.29, 1.82) is 0 Å². The van der Waals surface area contributed by atoms with Crippen LogP contribution in [0.5, 0.6) is 23.0 Å². The zero-order valence-electron chi connectivity index (χ0n) is 20.7. The molecule has 0 radical (unpaired) electrons. The smallest absolute Gasteiger partial charge is 0.255 e. The minimum absolute atomic E-state index is 0.00486. The first-order valence-corrected chi connectivity index (χ1v) is 11.9. The summed E-state index contributed by atoms with van der Waals surface area (Å²) < 4.78 is 15.8. The van der Waals surface area contributed by atoms with Crippen LogP contribution in [0.25, 0.3) is 0 Å². The van der Waals surface area contributed by atoms with E-state index in [-0.39, 0.29) is 28.5 Å². The van der Waals surface area contributed by atoms with Crippen molar-refractivity contribution < 1.29 is 28.9 Å². The van der Waals surface area contributed by atoms with Crippen LogP contribution in [0.2, 0.25) is 0 Å². The minimum atomic E-state index is -0.446. The molecular formula is C27H37NO6. The number of methoxy groups -OCH3 is 3. The molecule has 0 heterocycles. The Bertz CT molecular complexity index is 956. The van der Waals surface area contributed by atoms with Gasteiger partial charge in [0.1, 0.15) is 11.5 Å². The molecule has 0 atom stereocenters. The maximum absolute atomic E-state index is 13.1. The van der Waals surface area contributed by atoms with Gasteiger partial charge in [-0.05, 0) is 30.7 Å². The van der Waals surface area contributed by atoms with E-state index in [1.807, 2.05) is 0 Å². The van der Waals surface area contributed by atoms with Gasteiger partial charge in [-0.2, -0.15) is 0 Å². The summed E-state index contributed by atoms with van der Waals surface area (Å²) in [6, 6.07) is 7.39. The lowest BCUT2D eigenvalue weighted by Crippen LogP contribution is -2.25. The van der Waals surface area contributed by atoms with Crippen LogP contribution in [-0.4, -0.2) is 44.7 Å². The van der Waals surface area contributed by atoms with Crippen molar-refractivity contribution in [3.8, 4) is 23.0 Å². The molecule has 2 aromatic rings. The number of ketones is 1. The second kappa shape index (κ2) is 14.1. The zero-order valence-corrected chi connectivity index (χ0v) is 20.7. The Kier molecular flexibility index (Phi) is 11.2. The van der Waals surface area contributed by atoms with Crippen LogP contribution >= 0.6 is 0 Å². The fraction of sp³-hybridized carbons (Fsp3) is 0.481. The summed E-state index contributed by atoms with van der Waals surface area (Å²) in [7, 11) is 4.40. The molecule has 0 aliphatic carbocycles. The predicted octanol–water partition coefficient (Wildman–Crippen LogP) is 5.52. The third kappa shape index (κ3) is 7.40. The number of unbranched alkanes of at least 4 members (excludes halogenated alkanes) is 7. The van der Waals surface area contributed by atoms with E-state index in [9.17, 15) is 14.7 Å². The van der Waals surface area contributed by atoms with E-state index >= 15 is 0 Å². The number of benzene rings is 2. The normalized spacial score (nSPS) is 10.6. The van der Waals surface area contributed by atoms with Crippen LogP contribution in [0, 0.1) is 0 Å². The topological polar surface area (TPSA) is 94.1 Å². The number of hydrogen-bond donors (Lipinski definition) is 2. The highest BCUT2D eigenvalue weighted by molar-refractivity contribution is 6.12. The van der Waals surface area contributed by atoms with E-state index in [1.165, 1.54) is 71.6 Å². The molecule has 0 unspecified atom stereocenters. The molecule has 7 heteroatoms. The molecule has 0 aliphatic rings. The van der Waals surface area contributed by atoms with Gasteiger partial charge in [-0.15, -0.1) is 0 Å². The summed E-state index contributed by atoms with van der Waals surface area (Å²) >= 11 is 0. The molecular weight excluding hydrogens is 434 g/mol. The number of rotatable bonds is 15. The van der Waals surface area contributed by atoms with Gasteiger partial charge in [0, 0.05) is 18.2 Å². The molecule has 186 valence electrons. The van der Waals surface area contributed by atoms with Crippen molar-refractivity contribution in [2.45, 2.75) is 58.3 Å². The van der Waals surface area contributed by atoms with Gasteiger partial charge in [-0.25, -0.2) is 0 Å². The van der Waals surface area contributed by atoms with E-state index in [2.05, 4.69) is 12.2 Å². The highest BCUT2D eigenvalue weighted by atomic mass is 16.5. The Morgan fingerprint density at radius 2 is 1.38 bits per heavy atom. The van der Waals surface area contributed by atoms with Crippen LogP contribution in [0.1, 0.15) is 84.6 Å².